The molecule has 0 spiro atoms. The van der Waals surface area contributed by atoms with Crippen molar-refractivity contribution in [2.75, 3.05) is 7.11 Å². The van der Waals surface area contributed by atoms with Crippen molar-refractivity contribution in [3.8, 4) is 0 Å². The number of methoxy groups -OCH3 is 1. The van der Waals surface area contributed by atoms with E-state index >= 15 is 0 Å². The van der Waals surface area contributed by atoms with E-state index in [2.05, 4.69) is 4.74 Å². The van der Waals surface area contributed by atoms with Crippen molar-refractivity contribution < 1.29 is 23.1 Å². The lowest BCUT2D eigenvalue weighted by Gasteiger charge is -2.16. The fraction of sp³-hybridized carbons (Fsp3) is 0.800. The van der Waals surface area contributed by atoms with Gasteiger partial charge >= 0.3 is 5.97 Å². The Kier molecular flexibility index (Phi) is 2.28. The van der Waals surface area contributed by atoms with E-state index in [1.165, 1.54) is 7.11 Å². The van der Waals surface area contributed by atoms with Crippen LogP contribution in [-0.4, -0.2) is 24.8 Å². The predicted octanol–water partition coefficient (Wildman–Crippen LogP) is 1.41. The Morgan fingerprint density at radius 2 is 2.20 bits per heavy atom. The number of carbonyl (C=O) groups is 2. The van der Waals surface area contributed by atoms with Crippen LogP contribution in [0.25, 0.3) is 0 Å². The van der Waals surface area contributed by atoms with E-state index in [-0.39, 0.29) is 25.0 Å². The molecule has 2 aliphatic carbocycles. The van der Waals surface area contributed by atoms with Gasteiger partial charge in [-0.3, -0.25) is 9.59 Å². The maximum Gasteiger partial charge on any atom is 0.316 e. The van der Waals surface area contributed by atoms with Crippen LogP contribution in [0.2, 0.25) is 0 Å². The zero-order valence-corrected chi connectivity index (χ0v) is 8.33. The van der Waals surface area contributed by atoms with Crippen LogP contribution in [0.15, 0.2) is 0 Å². The summed E-state index contributed by atoms with van der Waals surface area (Å²) in [4.78, 5) is 22.8. The van der Waals surface area contributed by atoms with Gasteiger partial charge in [-0.25, -0.2) is 8.78 Å². The molecular formula is C10H12F2O3. The standard InChI is InChI=1S/C10H12F2O3/c1-15-9(14)6-4-7-5(8(6)13)2-3-10(7,11)12/h5-7H,2-4H2,1H3. The molecule has 0 aromatic rings. The molecular weight excluding hydrogens is 206 g/mol. The highest BCUT2D eigenvalue weighted by Gasteiger charge is 2.59. The minimum atomic E-state index is -2.79. The summed E-state index contributed by atoms with van der Waals surface area (Å²) >= 11 is 0. The fourth-order valence-corrected chi connectivity index (χ4v) is 2.69. The molecule has 3 nitrogen and oxygen atoms in total. The molecule has 2 saturated carbocycles. The van der Waals surface area contributed by atoms with Crippen LogP contribution in [0.5, 0.6) is 0 Å². The molecule has 3 unspecified atom stereocenters. The first-order chi connectivity index (χ1) is 6.97. The number of halogens is 2. The number of hydrogen-bond donors (Lipinski definition) is 0. The number of alkyl halides is 2. The number of ketones is 1. The minimum absolute atomic E-state index is 0.0524. The molecule has 0 N–H and O–H groups in total. The molecule has 0 saturated heterocycles. The third-order valence-corrected chi connectivity index (χ3v) is 3.50. The average Bonchev–Trinajstić information content (AvgIpc) is 2.66. The number of carbonyl (C=O) groups excluding carboxylic acids is 2. The molecule has 0 radical (unpaired) electrons. The Hall–Kier alpha value is -1.00. The Morgan fingerprint density at radius 3 is 2.73 bits per heavy atom. The molecule has 2 aliphatic rings. The second-order valence-electron chi connectivity index (χ2n) is 4.23. The summed E-state index contributed by atoms with van der Waals surface area (Å²) < 4.78 is 31.1. The lowest BCUT2D eigenvalue weighted by Crippen LogP contribution is -2.24. The Bertz CT molecular complexity index is 314. The van der Waals surface area contributed by atoms with E-state index in [0.29, 0.717) is 0 Å². The number of hydrogen-bond acceptors (Lipinski definition) is 3. The second-order valence-corrected chi connectivity index (χ2v) is 4.23. The van der Waals surface area contributed by atoms with Gasteiger partial charge in [0.25, 0.3) is 5.92 Å². The average molecular weight is 218 g/mol. The quantitative estimate of drug-likeness (QED) is 0.493. The van der Waals surface area contributed by atoms with E-state index < -0.39 is 29.6 Å². The maximum absolute atomic E-state index is 13.3. The molecule has 3 atom stereocenters. The van der Waals surface area contributed by atoms with Gasteiger partial charge in [0.05, 0.1) is 7.11 Å². The largest absolute Gasteiger partial charge is 0.468 e. The summed E-state index contributed by atoms with van der Waals surface area (Å²) in [5.41, 5.74) is 0. The zero-order chi connectivity index (χ0) is 11.2. The van der Waals surface area contributed by atoms with Crippen LogP contribution < -0.4 is 0 Å². The van der Waals surface area contributed by atoms with Gasteiger partial charge in [-0.15, -0.1) is 0 Å². The molecule has 84 valence electrons. The van der Waals surface area contributed by atoms with Gasteiger partial charge in [0, 0.05) is 18.3 Å². The van der Waals surface area contributed by atoms with Gasteiger partial charge in [-0.1, -0.05) is 0 Å². The van der Waals surface area contributed by atoms with Crippen molar-refractivity contribution >= 4 is 11.8 Å². The van der Waals surface area contributed by atoms with Crippen LogP contribution >= 0.6 is 0 Å². The number of Topliss-reactive ketones (excluding diaryl/α,β-unsaturated/α-hetero) is 1. The minimum Gasteiger partial charge on any atom is -0.468 e. The van der Waals surface area contributed by atoms with Crippen molar-refractivity contribution in [1.29, 1.82) is 0 Å². The van der Waals surface area contributed by atoms with Crippen LogP contribution in [0.3, 0.4) is 0 Å². The van der Waals surface area contributed by atoms with Gasteiger partial charge in [0.2, 0.25) is 0 Å². The molecule has 0 aliphatic heterocycles. The number of rotatable bonds is 1. The highest BCUT2D eigenvalue weighted by atomic mass is 19.3. The normalized spacial score (nSPS) is 37.8. The fourth-order valence-electron chi connectivity index (χ4n) is 2.69. The Labute approximate surface area is 85.8 Å². The van der Waals surface area contributed by atoms with E-state index in [1.54, 1.807) is 0 Å². The monoisotopic (exact) mass is 218 g/mol. The van der Waals surface area contributed by atoms with Crippen LogP contribution in [0, 0.1) is 17.8 Å². The van der Waals surface area contributed by atoms with Crippen LogP contribution in [0.4, 0.5) is 8.78 Å². The van der Waals surface area contributed by atoms with Gasteiger partial charge < -0.3 is 4.74 Å². The first kappa shape index (κ1) is 10.5. The SMILES string of the molecule is COC(=O)C1CC2C(CCC2(F)F)C1=O. The molecule has 0 aromatic carbocycles. The van der Waals surface area contributed by atoms with E-state index in [1.807, 2.05) is 0 Å². The predicted molar refractivity (Wildman–Crippen MR) is 46.3 cm³/mol. The van der Waals surface area contributed by atoms with E-state index in [9.17, 15) is 18.4 Å². The van der Waals surface area contributed by atoms with E-state index in [4.69, 9.17) is 0 Å². The number of esters is 1. The third-order valence-electron chi connectivity index (χ3n) is 3.50. The lowest BCUT2D eigenvalue weighted by molar-refractivity contribution is -0.148. The Morgan fingerprint density at radius 1 is 1.53 bits per heavy atom. The zero-order valence-electron chi connectivity index (χ0n) is 8.33. The molecule has 0 bridgehead atoms. The van der Waals surface area contributed by atoms with Crippen LogP contribution in [0.1, 0.15) is 19.3 Å². The summed E-state index contributed by atoms with van der Waals surface area (Å²) in [6.07, 6.45) is -0.0882. The molecule has 2 fully saturated rings. The van der Waals surface area contributed by atoms with Gasteiger partial charge in [0.15, 0.2) is 5.78 Å². The molecule has 15 heavy (non-hydrogen) atoms. The van der Waals surface area contributed by atoms with Crippen molar-refractivity contribution in [3.63, 3.8) is 0 Å². The highest BCUT2D eigenvalue weighted by molar-refractivity contribution is 6.02. The summed E-state index contributed by atoms with van der Waals surface area (Å²) in [7, 11) is 1.17. The van der Waals surface area contributed by atoms with Crippen LogP contribution in [-0.2, 0) is 14.3 Å². The van der Waals surface area contributed by atoms with Gasteiger partial charge in [-0.2, -0.15) is 0 Å². The number of ether oxygens (including phenoxy) is 1. The lowest BCUT2D eigenvalue weighted by atomic mass is 9.98. The summed E-state index contributed by atoms with van der Waals surface area (Å²) in [6, 6.07) is 0. The summed E-state index contributed by atoms with van der Waals surface area (Å²) in [5, 5.41) is 0. The summed E-state index contributed by atoms with van der Waals surface area (Å²) in [6.45, 7) is 0. The van der Waals surface area contributed by atoms with E-state index in [0.717, 1.165) is 0 Å². The highest BCUT2D eigenvalue weighted by Crippen LogP contribution is 2.52. The second kappa shape index (κ2) is 3.25. The van der Waals surface area contributed by atoms with Crippen molar-refractivity contribution in [1.82, 2.24) is 0 Å². The number of fused-ring (bicyclic) bond motifs is 1. The maximum atomic E-state index is 13.3. The molecule has 0 heterocycles. The van der Waals surface area contributed by atoms with Crippen molar-refractivity contribution in [3.05, 3.63) is 0 Å². The molecule has 2 rings (SSSR count). The van der Waals surface area contributed by atoms with Gasteiger partial charge in [-0.05, 0) is 12.8 Å². The topological polar surface area (TPSA) is 43.4 Å². The Balaban J connectivity index is 2.19. The first-order valence-corrected chi connectivity index (χ1v) is 4.96. The summed E-state index contributed by atoms with van der Waals surface area (Å²) in [5.74, 6) is -6.37. The third kappa shape index (κ3) is 1.44. The first-order valence-electron chi connectivity index (χ1n) is 4.96. The van der Waals surface area contributed by atoms with Gasteiger partial charge in [0.1, 0.15) is 5.92 Å². The molecule has 5 heteroatoms. The molecule has 0 amide bonds. The van der Waals surface area contributed by atoms with Crippen molar-refractivity contribution in [2.45, 2.75) is 25.2 Å². The molecule has 0 aromatic heterocycles. The van der Waals surface area contributed by atoms with Crippen molar-refractivity contribution in [2.24, 2.45) is 17.8 Å². The smallest absolute Gasteiger partial charge is 0.316 e.